The van der Waals surface area contributed by atoms with Crippen LogP contribution in [0.15, 0.2) is 16.5 Å². The van der Waals surface area contributed by atoms with Gasteiger partial charge in [0.05, 0.1) is 5.39 Å². The van der Waals surface area contributed by atoms with Crippen LogP contribution < -0.4 is 0 Å². The molecule has 4 heteroatoms. The first-order valence-electron chi connectivity index (χ1n) is 3.63. The molecule has 2 aromatic rings. The second-order valence-corrected chi connectivity index (χ2v) is 2.74. The number of rotatable bonds is 0. The number of halogens is 3. The fraction of sp³-hybridized carbons (Fsp3) is 0.111. The van der Waals surface area contributed by atoms with Crippen LogP contribution in [0, 0.1) is 24.6 Å². The van der Waals surface area contributed by atoms with Crippen LogP contribution in [-0.4, -0.2) is 0 Å². The zero-order chi connectivity index (χ0) is 9.59. The van der Waals surface area contributed by atoms with Crippen LogP contribution in [0.4, 0.5) is 13.2 Å². The molecule has 0 saturated heterocycles. The first kappa shape index (κ1) is 8.16. The van der Waals surface area contributed by atoms with E-state index in [1.54, 1.807) is 0 Å². The number of furan rings is 1. The third-order valence-corrected chi connectivity index (χ3v) is 1.89. The molecule has 0 radical (unpaired) electrons. The third-order valence-electron chi connectivity index (χ3n) is 1.89. The summed E-state index contributed by atoms with van der Waals surface area (Å²) in [5, 5.41) is 0.229. The first-order chi connectivity index (χ1) is 6.09. The predicted molar refractivity (Wildman–Crippen MR) is 40.8 cm³/mol. The van der Waals surface area contributed by atoms with Crippen molar-refractivity contribution in [1.82, 2.24) is 0 Å². The van der Waals surface area contributed by atoms with E-state index in [9.17, 15) is 13.2 Å². The van der Waals surface area contributed by atoms with Crippen molar-refractivity contribution in [1.29, 1.82) is 0 Å². The highest BCUT2D eigenvalue weighted by Crippen LogP contribution is 2.26. The third kappa shape index (κ3) is 1.09. The van der Waals surface area contributed by atoms with Gasteiger partial charge in [-0.05, 0) is 19.1 Å². The average Bonchev–Trinajstić information content (AvgIpc) is 2.31. The molecule has 0 saturated carbocycles. The molecule has 68 valence electrons. The summed E-state index contributed by atoms with van der Waals surface area (Å²) in [6.45, 7) is 1.49. The summed E-state index contributed by atoms with van der Waals surface area (Å²) in [5.41, 5.74) is 0. The SMILES string of the molecule is Cc1oc(F)c2cc(F)c(F)cc12. The summed E-state index contributed by atoms with van der Waals surface area (Å²) in [5.74, 6) is -1.84. The number of hydrogen-bond acceptors (Lipinski definition) is 1. The fourth-order valence-electron chi connectivity index (χ4n) is 1.25. The standard InChI is InChI=1S/C9H5F3O/c1-4-5-2-7(10)8(11)3-6(5)9(12)13-4/h2-3H,1H3. The maximum Gasteiger partial charge on any atom is 0.286 e. The Morgan fingerprint density at radius 1 is 1.00 bits per heavy atom. The molecule has 2 rings (SSSR count). The summed E-state index contributed by atoms with van der Waals surface area (Å²) in [6, 6.07) is 0.828. The predicted octanol–water partition coefficient (Wildman–Crippen LogP) is 3.16. The Kier molecular flexibility index (Phi) is 1.58. The van der Waals surface area contributed by atoms with Crippen LogP contribution in [0.25, 0.3) is 10.8 Å². The van der Waals surface area contributed by atoms with Crippen molar-refractivity contribution in [2.75, 3.05) is 0 Å². The molecule has 0 aliphatic heterocycles. The molecule has 1 nitrogen and oxygen atoms in total. The summed E-state index contributed by atoms with van der Waals surface area (Å²) < 4.78 is 42.8. The molecule has 0 spiro atoms. The Labute approximate surface area is 71.8 Å². The maximum atomic E-state index is 12.9. The second kappa shape index (κ2) is 2.52. The monoisotopic (exact) mass is 186 g/mol. The topological polar surface area (TPSA) is 13.1 Å². The van der Waals surface area contributed by atoms with E-state index >= 15 is 0 Å². The van der Waals surface area contributed by atoms with Crippen LogP contribution in [0.3, 0.4) is 0 Å². The van der Waals surface area contributed by atoms with Crippen LogP contribution in [-0.2, 0) is 0 Å². The Balaban J connectivity index is 2.91. The Morgan fingerprint density at radius 2 is 1.54 bits per heavy atom. The van der Waals surface area contributed by atoms with Gasteiger partial charge < -0.3 is 4.42 Å². The van der Waals surface area contributed by atoms with E-state index in [1.165, 1.54) is 6.92 Å². The van der Waals surface area contributed by atoms with Gasteiger partial charge in [-0.15, -0.1) is 0 Å². The van der Waals surface area contributed by atoms with E-state index < -0.39 is 17.6 Å². The van der Waals surface area contributed by atoms with Gasteiger partial charge in [0.25, 0.3) is 6.01 Å². The highest BCUT2D eigenvalue weighted by atomic mass is 19.2. The number of fused-ring (bicyclic) bond motifs is 1. The normalized spacial score (nSPS) is 11.1. The van der Waals surface area contributed by atoms with Gasteiger partial charge in [-0.2, -0.15) is 4.39 Å². The minimum Gasteiger partial charge on any atom is -0.435 e. The summed E-state index contributed by atoms with van der Waals surface area (Å²) in [7, 11) is 0. The number of hydrogen-bond donors (Lipinski definition) is 0. The van der Waals surface area contributed by atoms with Gasteiger partial charge in [0.15, 0.2) is 11.6 Å². The lowest BCUT2D eigenvalue weighted by molar-refractivity contribution is 0.352. The average molecular weight is 186 g/mol. The molecule has 1 heterocycles. The van der Waals surface area contributed by atoms with E-state index in [-0.39, 0.29) is 16.5 Å². The van der Waals surface area contributed by atoms with Gasteiger partial charge in [0.1, 0.15) is 5.76 Å². The van der Waals surface area contributed by atoms with Crippen molar-refractivity contribution in [3.8, 4) is 0 Å². The summed E-state index contributed by atoms with van der Waals surface area (Å²) in [4.78, 5) is 0. The lowest BCUT2D eigenvalue weighted by Crippen LogP contribution is -1.82. The molecule has 0 atom stereocenters. The van der Waals surface area contributed by atoms with Crippen molar-refractivity contribution in [3.63, 3.8) is 0 Å². The van der Waals surface area contributed by atoms with Crippen LogP contribution in [0.5, 0.6) is 0 Å². The molecule has 0 fully saturated rings. The molecule has 0 unspecified atom stereocenters. The van der Waals surface area contributed by atoms with E-state index in [2.05, 4.69) is 4.42 Å². The van der Waals surface area contributed by atoms with E-state index in [4.69, 9.17) is 0 Å². The van der Waals surface area contributed by atoms with E-state index in [1.807, 2.05) is 0 Å². The zero-order valence-corrected chi connectivity index (χ0v) is 6.70. The second-order valence-electron chi connectivity index (χ2n) is 2.74. The molecule has 0 aliphatic carbocycles. The molecule has 0 amide bonds. The Bertz CT molecular complexity index is 431. The highest BCUT2D eigenvalue weighted by Gasteiger charge is 2.13. The van der Waals surface area contributed by atoms with Gasteiger partial charge in [-0.1, -0.05) is 0 Å². The fourth-order valence-corrected chi connectivity index (χ4v) is 1.25. The molecule has 13 heavy (non-hydrogen) atoms. The van der Waals surface area contributed by atoms with Gasteiger partial charge in [-0.3, -0.25) is 0 Å². The van der Waals surface area contributed by atoms with Crippen molar-refractivity contribution in [3.05, 3.63) is 35.5 Å². The van der Waals surface area contributed by atoms with Crippen LogP contribution in [0.2, 0.25) is 0 Å². The van der Waals surface area contributed by atoms with Crippen LogP contribution >= 0.6 is 0 Å². The quantitative estimate of drug-likeness (QED) is 0.615. The van der Waals surface area contributed by atoms with Crippen molar-refractivity contribution in [2.24, 2.45) is 0 Å². The maximum absolute atomic E-state index is 12.9. The van der Waals surface area contributed by atoms with Gasteiger partial charge in [-0.25, -0.2) is 8.78 Å². The summed E-state index contributed by atoms with van der Waals surface area (Å²) >= 11 is 0. The van der Waals surface area contributed by atoms with E-state index in [0.29, 0.717) is 0 Å². The lowest BCUT2D eigenvalue weighted by atomic mass is 10.2. The van der Waals surface area contributed by atoms with Crippen molar-refractivity contribution < 1.29 is 17.6 Å². The molecular formula is C9H5F3O. The van der Waals surface area contributed by atoms with Gasteiger partial charge in [0.2, 0.25) is 0 Å². The highest BCUT2D eigenvalue weighted by molar-refractivity contribution is 5.84. The van der Waals surface area contributed by atoms with Crippen LogP contribution in [0.1, 0.15) is 5.76 Å². The number of aryl methyl sites for hydroxylation is 1. The minimum absolute atomic E-state index is 0.0311. The van der Waals surface area contributed by atoms with Crippen molar-refractivity contribution >= 4 is 10.8 Å². The molecule has 0 N–H and O–H groups in total. The Hall–Kier alpha value is -1.45. The van der Waals surface area contributed by atoms with Gasteiger partial charge in [0, 0.05) is 5.39 Å². The smallest absolute Gasteiger partial charge is 0.286 e. The lowest BCUT2D eigenvalue weighted by Gasteiger charge is -1.92. The molecule has 1 aromatic carbocycles. The number of benzene rings is 1. The molecular weight excluding hydrogens is 181 g/mol. The van der Waals surface area contributed by atoms with Gasteiger partial charge >= 0.3 is 0 Å². The zero-order valence-electron chi connectivity index (χ0n) is 6.70. The molecule has 1 aromatic heterocycles. The summed E-state index contributed by atoms with van der Waals surface area (Å²) in [6.07, 6.45) is 0. The molecule has 0 aliphatic rings. The van der Waals surface area contributed by atoms with Crippen molar-refractivity contribution in [2.45, 2.75) is 6.92 Å². The Morgan fingerprint density at radius 3 is 2.15 bits per heavy atom. The molecule has 0 bridgehead atoms. The minimum atomic E-state index is -1.08. The van der Waals surface area contributed by atoms with E-state index in [0.717, 1.165) is 12.1 Å². The largest absolute Gasteiger partial charge is 0.435 e. The first-order valence-corrected chi connectivity index (χ1v) is 3.63.